The Labute approximate surface area is 222 Å². The Morgan fingerprint density at radius 1 is 0.658 bits per heavy atom. The van der Waals surface area contributed by atoms with Crippen molar-refractivity contribution in [2.75, 3.05) is 27.9 Å². The van der Waals surface area contributed by atoms with Crippen molar-refractivity contribution < 1.29 is 28.5 Å². The topological polar surface area (TPSA) is 71.1 Å². The molecule has 4 aromatic rings. The number of esters is 1. The lowest BCUT2D eigenvalue weighted by molar-refractivity contribution is -0.142. The fourth-order valence-corrected chi connectivity index (χ4v) is 8.11. The van der Waals surface area contributed by atoms with E-state index in [2.05, 4.69) is 41.1 Å². The molecule has 0 fully saturated rings. The minimum Gasteiger partial charge on any atom is -0.492 e. The average Bonchev–Trinajstić information content (AvgIpc) is 2.99. The molecule has 0 bridgehead atoms. The first-order chi connectivity index (χ1) is 18.5. The zero-order valence-corrected chi connectivity index (χ0v) is 22.4. The number of hydrogen-bond donors (Lipinski definition) is 0. The number of hydrogen-bond acceptors (Lipinski definition) is 6. The average molecular weight is 529 g/mol. The zero-order valence-electron chi connectivity index (χ0n) is 21.5. The molecule has 38 heavy (non-hydrogen) atoms. The van der Waals surface area contributed by atoms with Crippen LogP contribution in [0.1, 0.15) is 10.4 Å². The number of carbonyl (C=O) groups excluding carboxylic acids is 2. The Morgan fingerprint density at radius 3 is 1.55 bits per heavy atom. The standard InChI is InChI=1S/C31H29O6P/c1-34-29(33)21-37-28-20-19-26(30(35-2)31(28)36-3)27(32)22-38(23-13-7-4-8-14-23,24-15-9-5-10-16-24)25-17-11-6-12-18-25/h4-20,22H,21H2,1-3H3. The molecule has 0 unspecified atom stereocenters. The number of Topliss-reactive ketones (excluding diaryl/α,β-unsaturated/α-hetero) is 1. The third kappa shape index (κ3) is 5.36. The van der Waals surface area contributed by atoms with E-state index < -0.39 is 12.9 Å². The minimum atomic E-state index is -2.53. The highest BCUT2D eigenvalue weighted by atomic mass is 31.2. The Morgan fingerprint density at radius 2 is 1.13 bits per heavy atom. The highest BCUT2D eigenvalue weighted by molar-refractivity contribution is 7.95. The lowest BCUT2D eigenvalue weighted by Crippen LogP contribution is -2.28. The van der Waals surface area contributed by atoms with E-state index in [-0.39, 0.29) is 29.6 Å². The number of ether oxygens (including phenoxy) is 4. The highest BCUT2D eigenvalue weighted by Gasteiger charge is 2.28. The van der Waals surface area contributed by atoms with Gasteiger partial charge in [0.2, 0.25) is 5.75 Å². The lowest BCUT2D eigenvalue weighted by Gasteiger charge is -2.28. The molecule has 4 rings (SSSR count). The molecule has 0 spiro atoms. The summed E-state index contributed by atoms with van der Waals surface area (Å²) in [6, 6.07) is 33.5. The van der Waals surface area contributed by atoms with Gasteiger partial charge in [-0.05, 0) is 40.7 Å². The molecule has 0 aromatic heterocycles. The quantitative estimate of drug-likeness (QED) is 0.174. The van der Waals surface area contributed by atoms with Gasteiger partial charge in [-0.15, -0.1) is 0 Å². The molecule has 194 valence electrons. The van der Waals surface area contributed by atoms with Gasteiger partial charge in [0.1, 0.15) is 0 Å². The number of methoxy groups -OCH3 is 3. The van der Waals surface area contributed by atoms with E-state index >= 15 is 0 Å². The summed E-state index contributed by atoms with van der Waals surface area (Å²) in [5.41, 5.74) is 0.321. The molecular weight excluding hydrogens is 499 g/mol. The summed E-state index contributed by atoms with van der Waals surface area (Å²) in [5.74, 6) is 1.79. The predicted octanol–water partition coefficient (Wildman–Crippen LogP) is 4.23. The van der Waals surface area contributed by atoms with Crippen molar-refractivity contribution in [1.82, 2.24) is 0 Å². The fraction of sp³-hybridized carbons (Fsp3) is 0.129. The van der Waals surface area contributed by atoms with Crippen LogP contribution in [0.3, 0.4) is 0 Å². The summed E-state index contributed by atoms with van der Waals surface area (Å²) in [4.78, 5) is 25.8. The molecule has 0 saturated carbocycles. The van der Waals surface area contributed by atoms with Crippen LogP contribution in [-0.4, -0.2) is 45.5 Å². The van der Waals surface area contributed by atoms with Gasteiger partial charge in [0.05, 0.1) is 26.9 Å². The molecule has 0 radical (unpaired) electrons. The van der Waals surface area contributed by atoms with Crippen LogP contribution in [0, 0.1) is 0 Å². The fourth-order valence-electron chi connectivity index (χ4n) is 4.35. The van der Waals surface area contributed by atoms with Crippen LogP contribution < -0.4 is 30.1 Å². The first-order valence-electron chi connectivity index (χ1n) is 12.0. The summed E-state index contributed by atoms with van der Waals surface area (Å²) in [5, 5.41) is 3.15. The van der Waals surface area contributed by atoms with E-state index in [0.29, 0.717) is 5.56 Å². The van der Waals surface area contributed by atoms with Crippen LogP contribution in [0.15, 0.2) is 103 Å². The first kappa shape index (κ1) is 26.8. The van der Waals surface area contributed by atoms with E-state index in [0.717, 1.165) is 15.9 Å². The van der Waals surface area contributed by atoms with Gasteiger partial charge in [-0.25, -0.2) is 4.79 Å². The third-order valence-corrected chi connectivity index (χ3v) is 10.1. The van der Waals surface area contributed by atoms with Gasteiger partial charge >= 0.3 is 5.97 Å². The van der Waals surface area contributed by atoms with Gasteiger partial charge in [0.15, 0.2) is 23.9 Å². The van der Waals surface area contributed by atoms with Gasteiger partial charge in [-0.1, -0.05) is 91.0 Å². The summed E-state index contributed by atoms with van der Waals surface area (Å²) >= 11 is 0. The highest BCUT2D eigenvalue weighted by Crippen LogP contribution is 2.45. The van der Waals surface area contributed by atoms with Gasteiger partial charge in [0.25, 0.3) is 0 Å². The molecule has 0 amide bonds. The largest absolute Gasteiger partial charge is 0.492 e. The summed E-state index contributed by atoms with van der Waals surface area (Å²) < 4.78 is 21.4. The van der Waals surface area contributed by atoms with Crippen LogP contribution in [0.5, 0.6) is 17.2 Å². The maximum atomic E-state index is 14.2. The van der Waals surface area contributed by atoms with Crippen molar-refractivity contribution in [3.05, 3.63) is 109 Å². The van der Waals surface area contributed by atoms with Crippen LogP contribution in [-0.2, 0) is 9.53 Å². The van der Waals surface area contributed by atoms with Crippen molar-refractivity contribution in [3.63, 3.8) is 0 Å². The summed E-state index contributed by atoms with van der Waals surface area (Å²) in [6.45, 7) is -2.84. The second kappa shape index (κ2) is 12.3. The molecular formula is C31H29O6P. The van der Waals surface area contributed by atoms with Crippen LogP contribution >= 0.6 is 6.89 Å². The molecule has 0 aliphatic heterocycles. The van der Waals surface area contributed by atoms with Crippen molar-refractivity contribution in [1.29, 1.82) is 0 Å². The van der Waals surface area contributed by atoms with E-state index in [4.69, 9.17) is 14.2 Å². The van der Waals surface area contributed by atoms with E-state index in [9.17, 15) is 9.59 Å². The number of ketones is 1. The maximum Gasteiger partial charge on any atom is 0.343 e. The molecule has 0 aliphatic rings. The lowest BCUT2D eigenvalue weighted by atomic mass is 10.1. The predicted molar refractivity (Wildman–Crippen MR) is 153 cm³/mol. The summed E-state index contributed by atoms with van der Waals surface area (Å²) in [7, 11) is 4.20. The summed E-state index contributed by atoms with van der Waals surface area (Å²) in [6.07, 6.45) is 0. The Bertz CT molecular complexity index is 1350. The van der Waals surface area contributed by atoms with Crippen molar-refractivity contribution in [2.45, 2.75) is 0 Å². The monoisotopic (exact) mass is 528 g/mol. The molecule has 0 aliphatic carbocycles. The molecule has 4 aromatic carbocycles. The normalized spacial score (nSPS) is 10.8. The number of rotatable bonds is 10. The second-order valence-electron chi connectivity index (χ2n) is 8.27. The maximum absolute atomic E-state index is 14.2. The van der Waals surface area contributed by atoms with Crippen LogP contribution in [0.4, 0.5) is 0 Å². The van der Waals surface area contributed by atoms with Crippen molar-refractivity contribution in [3.8, 4) is 17.2 Å². The second-order valence-corrected chi connectivity index (χ2v) is 11.5. The van der Waals surface area contributed by atoms with Crippen molar-refractivity contribution >= 4 is 40.3 Å². The molecule has 0 N–H and O–H groups in total. The minimum absolute atomic E-state index is 0.218. The zero-order chi connectivity index (χ0) is 27.0. The Hall–Kier alpha value is -4.28. The number of benzene rings is 4. The Kier molecular flexibility index (Phi) is 8.67. The molecule has 6 nitrogen and oxygen atoms in total. The molecule has 0 atom stereocenters. The van der Waals surface area contributed by atoms with Gasteiger partial charge in [-0.2, -0.15) is 0 Å². The van der Waals surface area contributed by atoms with E-state index in [1.54, 1.807) is 12.1 Å². The van der Waals surface area contributed by atoms with Crippen molar-refractivity contribution in [2.24, 2.45) is 0 Å². The van der Waals surface area contributed by atoms with Gasteiger partial charge in [-0.3, -0.25) is 4.79 Å². The molecule has 0 saturated heterocycles. The van der Waals surface area contributed by atoms with Gasteiger partial charge in [0, 0.05) is 0 Å². The molecule has 0 heterocycles. The van der Waals surface area contributed by atoms with Crippen LogP contribution in [0.25, 0.3) is 0 Å². The SMILES string of the molecule is COC(=O)COc1ccc(C(=O)C=P(c2ccccc2)(c2ccccc2)c2ccccc2)c(OC)c1OC. The number of carbonyl (C=O) groups is 2. The Balaban J connectivity index is 1.96. The van der Waals surface area contributed by atoms with Crippen LogP contribution in [0.2, 0.25) is 0 Å². The van der Waals surface area contributed by atoms with E-state index in [1.807, 2.05) is 60.4 Å². The smallest absolute Gasteiger partial charge is 0.343 e. The van der Waals surface area contributed by atoms with Gasteiger partial charge < -0.3 is 18.9 Å². The van der Waals surface area contributed by atoms with E-state index in [1.165, 1.54) is 21.3 Å². The third-order valence-electron chi connectivity index (χ3n) is 6.12. The molecule has 7 heteroatoms. The first-order valence-corrected chi connectivity index (χ1v) is 13.8.